The minimum absolute atomic E-state index is 0.0772. The molecule has 8 nitrogen and oxygen atoms in total. The van der Waals surface area contributed by atoms with E-state index in [1.807, 2.05) is 66.7 Å². The number of aromatic hydroxyl groups is 1. The highest BCUT2D eigenvalue weighted by Crippen LogP contribution is 2.33. The molecule has 2 aliphatic heterocycles. The summed E-state index contributed by atoms with van der Waals surface area (Å²) >= 11 is 0. The standard InChI is InChI=1S/C37H31N3O5/c41-26-17-15-23(16-18-26)21-31(38-35(43)29-13-5-9-24-7-1-3-11-27(24)29)37(45)39-20-19-32-34(39)33(42)22-40(32)36(44)30-14-6-10-25-8-2-4-12-28(25)30/h1-18,31-32,34,41H,19-22H2,(H,38,43)/t31?,32-,34+/m1/s1. The number of rotatable bonds is 6. The van der Waals surface area contributed by atoms with Gasteiger partial charge in [-0.05, 0) is 57.8 Å². The van der Waals surface area contributed by atoms with Gasteiger partial charge in [-0.1, -0.05) is 84.9 Å². The molecule has 5 aromatic rings. The summed E-state index contributed by atoms with van der Waals surface area (Å²) in [4.78, 5) is 58.4. The molecular weight excluding hydrogens is 566 g/mol. The van der Waals surface area contributed by atoms with Gasteiger partial charge >= 0.3 is 0 Å². The normalized spacial score (nSPS) is 18.3. The fourth-order valence-corrected chi connectivity index (χ4v) is 6.83. The van der Waals surface area contributed by atoms with E-state index in [1.54, 1.807) is 35.2 Å². The zero-order valence-corrected chi connectivity index (χ0v) is 24.4. The van der Waals surface area contributed by atoms with Crippen LogP contribution in [0.4, 0.5) is 0 Å². The molecule has 2 saturated heterocycles. The van der Waals surface area contributed by atoms with Crippen LogP contribution in [0.2, 0.25) is 0 Å². The Labute approximate surface area is 259 Å². The lowest BCUT2D eigenvalue weighted by Gasteiger charge is -2.28. The van der Waals surface area contributed by atoms with Gasteiger partial charge in [0.2, 0.25) is 5.91 Å². The van der Waals surface area contributed by atoms with Crippen LogP contribution < -0.4 is 5.32 Å². The second-order valence-corrected chi connectivity index (χ2v) is 11.7. The predicted molar refractivity (Wildman–Crippen MR) is 171 cm³/mol. The van der Waals surface area contributed by atoms with Crippen molar-refractivity contribution in [3.8, 4) is 5.75 Å². The van der Waals surface area contributed by atoms with Crippen LogP contribution in [0.5, 0.6) is 5.75 Å². The van der Waals surface area contributed by atoms with Crippen LogP contribution in [0.25, 0.3) is 21.5 Å². The Morgan fingerprint density at radius 3 is 2.04 bits per heavy atom. The molecular formula is C37H31N3O5. The first-order valence-electron chi connectivity index (χ1n) is 15.1. The van der Waals surface area contributed by atoms with E-state index in [0.29, 0.717) is 17.5 Å². The SMILES string of the molecule is O=C(NC(Cc1ccc(O)cc1)C(=O)N1CC[C@@H]2[C@H]1C(=O)CN2C(=O)c1cccc2ccccc12)c1cccc2ccccc12. The monoisotopic (exact) mass is 597 g/mol. The quantitative estimate of drug-likeness (QED) is 0.294. The number of amides is 3. The van der Waals surface area contributed by atoms with Gasteiger partial charge in [0.05, 0.1) is 12.6 Å². The van der Waals surface area contributed by atoms with Crippen LogP contribution in [0.1, 0.15) is 32.7 Å². The van der Waals surface area contributed by atoms with Crippen LogP contribution >= 0.6 is 0 Å². The van der Waals surface area contributed by atoms with Crippen molar-refractivity contribution >= 4 is 45.0 Å². The van der Waals surface area contributed by atoms with Crippen molar-refractivity contribution in [2.45, 2.75) is 31.0 Å². The van der Waals surface area contributed by atoms with Gasteiger partial charge in [-0.2, -0.15) is 0 Å². The highest BCUT2D eigenvalue weighted by atomic mass is 16.3. The molecule has 2 fully saturated rings. The molecule has 3 amide bonds. The predicted octanol–water partition coefficient (Wildman–Crippen LogP) is 4.73. The first kappa shape index (κ1) is 28.3. The maximum absolute atomic E-state index is 14.3. The Morgan fingerprint density at radius 2 is 1.36 bits per heavy atom. The smallest absolute Gasteiger partial charge is 0.255 e. The summed E-state index contributed by atoms with van der Waals surface area (Å²) in [5.41, 5.74) is 1.71. The molecule has 0 saturated carbocycles. The van der Waals surface area contributed by atoms with Gasteiger partial charge in [-0.15, -0.1) is 0 Å². The zero-order valence-electron chi connectivity index (χ0n) is 24.4. The number of carbonyl (C=O) groups is 4. The topological polar surface area (TPSA) is 107 Å². The minimum atomic E-state index is -0.977. The molecule has 5 aromatic carbocycles. The van der Waals surface area contributed by atoms with Crippen molar-refractivity contribution in [3.63, 3.8) is 0 Å². The van der Waals surface area contributed by atoms with E-state index in [1.165, 1.54) is 17.0 Å². The van der Waals surface area contributed by atoms with E-state index in [0.717, 1.165) is 27.1 Å². The number of hydrogen-bond acceptors (Lipinski definition) is 5. The molecule has 0 bridgehead atoms. The van der Waals surface area contributed by atoms with Gasteiger partial charge in [-0.3, -0.25) is 19.2 Å². The maximum Gasteiger partial charge on any atom is 0.255 e. The van der Waals surface area contributed by atoms with Gasteiger partial charge < -0.3 is 20.2 Å². The summed E-state index contributed by atoms with van der Waals surface area (Å²) in [5.74, 6) is -1.10. The lowest BCUT2D eigenvalue weighted by molar-refractivity contribution is -0.138. The second kappa shape index (κ2) is 11.5. The Balaban J connectivity index is 1.17. The number of Topliss-reactive ketones (excluding diaryl/α,β-unsaturated/α-hetero) is 1. The number of hydrogen-bond donors (Lipinski definition) is 2. The second-order valence-electron chi connectivity index (χ2n) is 11.7. The summed E-state index contributed by atoms with van der Waals surface area (Å²) in [7, 11) is 0. The molecule has 0 aromatic heterocycles. The number of phenols is 1. The fraction of sp³-hybridized carbons (Fsp3) is 0.189. The maximum atomic E-state index is 14.3. The van der Waals surface area contributed by atoms with Crippen molar-refractivity contribution in [1.29, 1.82) is 0 Å². The lowest BCUT2D eigenvalue weighted by Crippen LogP contribution is -2.53. The van der Waals surface area contributed by atoms with Crippen molar-refractivity contribution in [2.24, 2.45) is 0 Å². The van der Waals surface area contributed by atoms with Gasteiger partial charge in [0.15, 0.2) is 5.78 Å². The Kier molecular flexibility index (Phi) is 7.25. The molecule has 1 unspecified atom stereocenters. The summed E-state index contributed by atoms with van der Waals surface area (Å²) in [5, 5.41) is 16.2. The molecule has 7 rings (SSSR count). The molecule has 0 radical (unpaired) electrons. The Bertz CT molecular complexity index is 1960. The lowest BCUT2D eigenvalue weighted by atomic mass is 10.0. The van der Waals surface area contributed by atoms with Gasteiger partial charge in [0.25, 0.3) is 11.8 Å². The molecule has 8 heteroatoms. The number of nitrogens with zero attached hydrogens (tertiary/aromatic N) is 2. The van der Waals surface area contributed by atoms with Crippen LogP contribution in [0, 0.1) is 0 Å². The number of ketones is 1. The molecule has 3 atom stereocenters. The number of likely N-dealkylation sites (tertiary alicyclic amines) is 2. The molecule has 45 heavy (non-hydrogen) atoms. The molecule has 2 aliphatic rings. The van der Waals surface area contributed by atoms with Crippen molar-refractivity contribution < 1.29 is 24.3 Å². The third-order valence-electron chi connectivity index (χ3n) is 9.00. The van der Waals surface area contributed by atoms with E-state index >= 15 is 0 Å². The van der Waals surface area contributed by atoms with Crippen LogP contribution in [-0.2, 0) is 16.0 Å². The van der Waals surface area contributed by atoms with Crippen LogP contribution in [0.3, 0.4) is 0 Å². The van der Waals surface area contributed by atoms with E-state index in [4.69, 9.17) is 0 Å². The molecule has 2 N–H and O–H groups in total. The average molecular weight is 598 g/mol. The zero-order chi connectivity index (χ0) is 31.1. The van der Waals surface area contributed by atoms with Crippen molar-refractivity contribution in [3.05, 3.63) is 126 Å². The fourth-order valence-electron chi connectivity index (χ4n) is 6.83. The first-order chi connectivity index (χ1) is 21.9. The summed E-state index contributed by atoms with van der Waals surface area (Å²) < 4.78 is 0. The number of benzene rings is 5. The number of carbonyl (C=O) groups excluding carboxylic acids is 4. The first-order valence-corrected chi connectivity index (χ1v) is 15.1. The summed E-state index contributed by atoms with van der Waals surface area (Å²) in [6.45, 7) is 0.210. The van der Waals surface area contributed by atoms with E-state index in [9.17, 15) is 24.3 Å². The highest BCUT2D eigenvalue weighted by Gasteiger charge is 2.52. The largest absolute Gasteiger partial charge is 0.508 e. The molecule has 224 valence electrons. The van der Waals surface area contributed by atoms with Gasteiger partial charge in [-0.25, -0.2) is 0 Å². The van der Waals surface area contributed by atoms with E-state index in [-0.39, 0.29) is 42.9 Å². The third-order valence-corrected chi connectivity index (χ3v) is 9.00. The van der Waals surface area contributed by atoms with Crippen LogP contribution in [-0.4, -0.2) is 69.6 Å². The van der Waals surface area contributed by atoms with Gasteiger partial charge in [0, 0.05) is 24.1 Å². The number of phenolic OH excluding ortho intramolecular Hbond substituents is 1. The number of fused-ring (bicyclic) bond motifs is 3. The Morgan fingerprint density at radius 1 is 0.756 bits per heavy atom. The van der Waals surface area contributed by atoms with Gasteiger partial charge in [0.1, 0.15) is 17.8 Å². The average Bonchev–Trinajstić information content (AvgIpc) is 3.65. The molecule has 2 heterocycles. The van der Waals surface area contributed by atoms with Crippen molar-refractivity contribution in [2.75, 3.05) is 13.1 Å². The van der Waals surface area contributed by atoms with Crippen LogP contribution in [0.15, 0.2) is 109 Å². The molecule has 0 aliphatic carbocycles. The number of nitrogens with one attached hydrogen (secondary N) is 1. The van der Waals surface area contributed by atoms with E-state index in [2.05, 4.69) is 5.32 Å². The summed E-state index contributed by atoms with van der Waals surface area (Å²) in [6, 6.07) is 30.5. The summed E-state index contributed by atoms with van der Waals surface area (Å²) in [6.07, 6.45) is 0.623. The highest BCUT2D eigenvalue weighted by molar-refractivity contribution is 6.11. The molecule has 0 spiro atoms. The minimum Gasteiger partial charge on any atom is -0.508 e. The third kappa shape index (κ3) is 5.18. The Hall–Kier alpha value is -5.50. The van der Waals surface area contributed by atoms with E-state index < -0.39 is 24.0 Å². The van der Waals surface area contributed by atoms with Crippen molar-refractivity contribution in [1.82, 2.24) is 15.1 Å².